The van der Waals surface area contributed by atoms with E-state index >= 15 is 0 Å². The lowest BCUT2D eigenvalue weighted by Crippen LogP contribution is -2.19. The van der Waals surface area contributed by atoms with Gasteiger partial charge in [0, 0.05) is 6.42 Å². The minimum atomic E-state index is -3.83. The molecule has 1 aromatic carbocycles. The summed E-state index contributed by atoms with van der Waals surface area (Å²) in [5, 5.41) is -1.18. The van der Waals surface area contributed by atoms with Gasteiger partial charge in [-0.1, -0.05) is 36.4 Å². The lowest BCUT2D eigenvalue weighted by Gasteiger charge is -2.31. The molecule has 0 N–H and O–H groups in total. The van der Waals surface area contributed by atoms with E-state index in [2.05, 4.69) is 0 Å². The van der Waals surface area contributed by atoms with E-state index in [-0.39, 0.29) is 45.1 Å². The molecule has 29 heavy (non-hydrogen) atoms. The minimum absolute atomic E-state index is 0.00226. The highest BCUT2D eigenvalue weighted by Crippen LogP contribution is 2.71. The summed E-state index contributed by atoms with van der Waals surface area (Å²) < 4.78 is 48.4. The second-order valence-electron chi connectivity index (χ2n) is 5.98. The third-order valence-corrected chi connectivity index (χ3v) is 10.0. The van der Waals surface area contributed by atoms with Crippen LogP contribution in [0.25, 0.3) is 6.08 Å². The molecule has 0 heterocycles. The molecular formula is C20H32O7P2. The van der Waals surface area contributed by atoms with Gasteiger partial charge in [0.1, 0.15) is 0 Å². The molecule has 0 aliphatic carbocycles. The van der Waals surface area contributed by atoms with Crippen molar-refractivity contribution in [2.75, 3.05) is 26.4 Å². The van der Waals surface area contributed by atoms with Crippen LogP contribution in [0.15, 0.2) is 36.4 Å². The molecule has 1 aromatic rings. The maximum absolute atomic E-state index is 13.4. The lowest BCUT2D eigenvalue weighted by molar-refractivity contribution is -0.114. The highest BCUT2D eigenvalue weighted by Gasteiger charge is 2.50. The molecular weight excluding hydrogens is 414 g/mol. The Morgan fingerprint density at radius 1 is 0.862 bits per heavy atom. The molecule has 7 nitrogen and oxygen atoms in total. The fourth-order valence-corrected chi connectivity index (χ4v) is 8.09. The van der Waals surface area contributed by atoms with Crippen LogP contribution < -0.4 is 0 Å². The lowest BCUT2D eigenvalue weighted by atomic mass is 10.1. The Bertz CT molecular complexity index is 684. The van der Waals surface area contributed by atoms with Gasteiger partial charge in [0.15, 0.2) is 11.2 Å². The van der Waals surface area contributed by atoms with Gasteiger partial charge in [-0.25, -0.2) is 0 Å². The first-order chi connectivity index (χ1) is 13.8. The van der Waals surface area contributed by atoms with E-state index in [4.69, 9.17) is 18.1 Å². The Balaban J connectivity index is 3.07. The second kappa shape index (κ2) is 13.3. The topological polar surface area (TPSA) is 88.1 Å². The summed E-state index contributed by atoms with van der Waals surface area (Å²) in [5.74, 6) is -0.196. The monoisotopic (exact) mass is 446 g/mol. The van der Waals surface area contributed by atoms with Crippen LogP contribution in [-0.4, -0.2) is 37.6 Å². The van der Waals surface area contributed by atoms with Gasteiger partial charge in [-0.3, -0.25) is 13.9 Å². The number of hydrogen-bond donors (Lipinski definition) is 0. The Morgan fingerprint density at radius 2 is 1.31 bits per heavy atom. The van der Waals surface area contributed by atoms with E-state index in [1.165, 1.54) is 6.08 Å². The Labute approximate surface area is 173 Å². The summed E-state index contributed by atoms with van der Waals surface area (Å²) in [6.07, 6.45) is 3.15. The highest BCUT2D eigenvalue weighted by atomic mass is 31.2. The smallest absolute Gasteiger partial charge is 0.308 e. The predicted octanol–water partition coefficient (Wildman–Crippen LogP) is 5.91. The summed E-state index contributed by atoms with van der Waals surface area (Å²) >= 11 is 0. The van der Waals surface area contributed by atoms with Gasteiger partial charge >= 0.3 is 15.2 Å². The SMILES string of the molecule is CCOP(=O)(OCC)C(CCC(=O)C=Cc1ccccc1)P(=O)(OCC)OCC. The number of hydrogen-bond acceptors (Lipinski definition) is 7. The van der Waals surface area contributed by atoms with Crippen molar-refractivity contribution in [1.29, 1.82) is 0 Å². The molecule has 0 aliphatic heterocycles. The average Bonchev–Trinajstić information content (AvgIpc) is 2.68. The molecule has 0 bridgehead atoms. The maximum Gasteiger partial charge on any atom is 0.345 e. The van der Waals surface area contributed by atoms with Crippen LogP contribution >= 0.6 is 15.2 Å². The van der Waals surface area contributed by atoms with Crippen LogP contribution in [0.5, 0.6) is 0 Å². The first kappa shape index (κ1) is 26.0. The molecule has 0 unspecified atom stereocenters. The van der Waals surface area contributed by atoms with Crippen LogP contribution in [-0.2, 0) is 32.0 Å². The second-order valence-corrected chi connectivity index (χ2v) is 10.8. The maximum atomic E-state index is 13.4. The molecule has 0 atom stereocenters. The van der Waals surface area contributed by atoms with E-state index in [1.807, 2.05) is 30.3 Å². The van der Waals surface area contributed by atoms with Crippen molar-refractivity contribution in [3.05, 3.63) is 42.0 Å². The highest BCUT2D eigenvalue weighted by molar-refractivity contribution is 7.72. The molecule has 0 saturated heterocycles. The minimum Gasteiger partial charge on any atom is -0.308 e. The van der Waals surface area contributed by atoms with E-state index in [0.717, 1.165) is 5.56 Å². The zero-order valence-electron chi connectivity index (χ0n) is 17.6. The number of benzene rings is 1. The Kier molecular flexibility index (Phi) is 11.9. The van der Waals surface area contributed by atoms with E-state index in [9.17, 15) is 13.9 Å². The molecule has 0 aromatic heterocycles. The molecule has 0 saturated carbocycles. The largest absolute Gasteiger partial charge is 0.345 e. The number of carbonyl (C=O) groups excluding carboxylic acids is 1. The summed E-state index contributed by atoms with van der Waals surface area (Å²) in [5.41, 5.74) is 0.890. The fraction of sp³-hybridized carbons (Fsp3) is 0.550. The number of carbonyl (C=O) groups is 1. The summed E-state index contributed by atoms with van der Waals surface area (Å²) in [6, 6.07) is 9.40. The molecule has 164 valence electrons. The fourth-order valence-electron chi connectivity index (χ4n) is 2.74. The van der Waals surface area contributed by atoms with Gasteiger partial charge in [0.2, 0.25) is 0 Å². The van der Waals surface area contributed by atoms with Gasteiger partial charge in [0.05, 0.1) is 26.4 Å². The van der Waals surface area contributed by atoms with Crippen molar-refractivity contribution >= 4 is 27.1 Å². The van der Waals surface area contributed by atoms with Crippen molar-refractivity contribution in [1.82, 2.24) is 0 Å². The average molecular weight is 446 g/mol. The quantitative estimate of drug-likeness (QED) is 0.245. The first-order valence-corrected chi connectivity index (χ1v) is 13.1. The normalized spacial score (nSPS) is 12.7. The Morgan fingerprint density at radius 3 is 1.72 bits per heavy atom. The standard InChI is InChI=1S/C20H32O7P2/c1-5-24-28(22,25-6-2)20(29(23,26-7-3)27-8-4)17-16-19(21)15-14-18-12-10-9-11-13-18/h9-15,20H,5-8,16-17H2,1-4H3. The molecule has 0 radical (unpaired) electrons. The molecule has 0 amide bonds. The van der Waals surface area contributed by atoms with Gasteiger partial charge < -0.3 is 18.1 Å². The molecule has 1 rings (SSSR count). The van der Waals surface area contributed by atoms with Crippen LogP contribution in [0.2, 0.25) is 0 Å². The van der Waals surface area contributed by atoms with E-state index < -0.39 is 20.6 Å². The van der Waals surface area contributed by atoms with Crippen molar-refractivity contribution in [3.8, 4) is 0 Å². The number of ketones is 1. The summed E-state index contributed by atoms with van der Waals surface area (Å²) in [7, 11) is -7.67. The molecule has 0 aliphatic rings. The van der Waals surface area contributed by atoms with Crippen LogP contribution in [0.3, 0.4) is 0 Å². The van der Waals surface area contributed by atoms with Crippen LogP contribution in [0.1, 0.15) is 46.1 Å². The van der Waals surface area contributed by atoms with Gasteiger partial charge in [-0.05, 0) is 45.8 Å². The van der Waals surface area contributed by atoms with E-state index in [0.29, 0.717) is 0 Å². The van der Waals surface area contributed by atoms with Crippen molar-refractivity contribution < 1.29 is 32.0 Å². The third kappa shape index (κ3) is 8.29. The van der Waals surface area contributed by atoms with Crippen molar-refractivity contribution in [3.63, 3.8) is 0 Å². The first-order valence-electron chi connectivity index (χ1n) is 9.88. The van der Waals surface area contributed by atoms with E-state index in [1.54, 1.807) is 33.8 Å². The molecule has 9 heteroatoms. The molecule has 0 fully saturated rings. The predicted molar refractivity (Wildman–Crippen MR) is 115 cm³/mol. The Hall–Kier alpha value is -1.07. The third-order valence-electron chi connectivity index (χ3n) is 3.88. The zero-order valence-corrected chi connectivity index (χ0v) is 19.4. The van der Waals surface area contributed by atoms with Crippen molar-refractivity contribution in [2.24, 2.45) is 0 Å². The number of rotatable bonds is 15. The van der Waals surface area contributed by atoms with Gasteiger partial charge in [-0.2, -0.15) is 0 Å². The van der Waals surface area contributed by atoms with Crippen molar-refractivity contribution in [2.45, 2.75) is 45.9 Å². The number of allylic oxidation sites excluding steroid dienone is 1. The zero-order chi connectivity index (χ0) is 21.8. The van der Waals surface area contributed by atoms with Crippen LogP contribution in [0.4, 0.5) is 0 Å². The van der Waals surface area contributed by atoms with Crippen LogP contribution in [0, 0.1) is 0 Å². The summed E-state index contributed by atoms with van der Waals surface area (Å²) in [4.78, 5) is 12.4. The van der Waals surface area contributed by atoms with Gasteiger partial charge in [-0.15, -0.1) is 0 Å². The summed E-state index contributed by atoms with van der Waals surface area (Å²) in [6.45, 7) is 7.10. The molecule has 0 spiro atoms. The van der Waals surface area contributed by atoms with Gasteiger partial charge in [0.25, 0.3) is 0 Å².